The van der Waals surface area contributed by atoms with Gasteiger partial charge < -0.3 is 5.73 Å². The number of rotatable bonds is 2. The third-order valence-corrected chi connectivity index (χ3v) is 2.09. The first-order chi connectivity index (χ1) is 6.04. The maximum atomic E-state index is 11.0. The van der Waals surface area contributed by atoms with Crippen molar-refractivity contribution in [1.82, 2.24) is 4.98 Å². The van der Waals surface area contributed by atoms with Crippen molar-refractivity contribution in [3.8, 4) is 0 Å². The van der Waals surface area contributed by atoms with E-state index in [1.807, 2.05) is 13.8 Å². The third kappa shape index (κ3) is 2.59. The molecule has 0 unspecified atom stereocenters. The van der Waals surface area contributed by atoms with E-state index < -0.39 is 5.91 Å². The SMILES string of the molecule is CC(C)c1ccnc(Cl)c1C(N)=O.Cl. The van der Waals surface area contributed by atoms with Crippen molar-refractivity contribution in [1.29, 1.82) is 0 Å². The van der Waals surface area contributed by atoms with E-state index in [1.54, 1.807) is 12.3 Å². The minimum Gasteiger partial charge on any atom is -0.365 e. The van der Waals surface area contributed by atoms with Gasteiger partial charge in [-0.3, -0.25) is 4.79 Å². The lowest BCUT2D eigenvalue weighted by Crippen LogP contribution is -2.15. The number of aromatic nitrogens is 1. The van der Waals surface area contributed by atoms with Crippen LogP contribution in [-0.2, 0) is 0 Å². The molecule has 1 amide bonds. The molecule has 0 saturated heterocycles. The molecule has 2 N–H and O–H groups in total. The van der Waals surface area contributed by atoms with Crippen LogP contribution in [0.2, 0.25) is 5.15 Å². The highest BCUT2D eigenvalue weighted by Crippen LogP contribution is 2.23. The number of halogens is 2. The average molecular weight is 235 g/mol. The second-order valence-electron chi connectivity index (χ2n) is 3.08. The van der Waals surface area contributed by atoms with Crippen LogP contribution >= 0.6 is 24.0 Å². The zero-order chi connectivity index (χ0) is 10.0. The molecule has 0 bridgehead atoms. The number of pyridine rings is 1. The zero-order valence-electron chi connectivity index (χ0n) is 7.95. The molecule has 0 saturated carbocycles. The Morgan fingerprint density at radius 3 is 2.50 bits per heavy atom. The van der Waals surface area contributed by atoms with E-state index >= 15 is 0 Å². The fraction of sp³-hybridized carbons (Fsp3) is 0.333. The summed E-state index contributed by atoms with van der Waals surface area (Å²) in [5.41, 5.74) is 6.36. The van der Waals surface area contributed by atoms with Crippen LogP contribution in [0.3, 0.4) is 0 Å². The van der Waals surface area contributed by atoms with Crippen LogP contribution in [0.15, 0.2) is 12.3 Å². The number of hydrogen-bond acceptors (Lipinski definition) is 2. The summed E-state index contributed by atoms with van der Waals surface area (Å²) in [6, 6.07) is 1.76. The topological polar surface area (TPSA) is 56.0 Å². The minimum absolute atomic E-state index is 0. The standard InChI is InChI=1S/C9H11ClN2O.ClH/c1-5(2)6-3-4-12-8(10)7(6)9(11)13;/h3-5H,1-2H3,(H2,11,13);1H. The molecule has 1 aromatic rings. The Labute approximate surface area is 94.1 Å². The fourth-order valence-electron chi connectivity index (χ4n) is 1.18. The van der Waals surface area contributed by atoms with Crippen LogP contribution in [0.25, 0.3) is 0 Å². The summed E-state index contributed by atoms with van der Waals surface area (Å²) in [5, 5.41) is 0.179. The van der Waals surface area contributed by atoms with E-state index in [1.165, 1.54) is 0 Å². The second-order valence-corrected chi connectivity index (χ2v) is 3.44. The highest BCUT2D eigenvalue weighted by atomic mass is 35.5. The van der Waals surface area contributed by atoms with Crippen LogP contribution < -0.4 is 5.73 Å². The van der Waals surface area contributed by atoms with Gasteiger partial charge in [-0.1, -0.05) is 25.4 Å². The Morgan fingerprint density at radius 1 is 1.57 bits per heavy atom. The van der Waals surface area contributed by atoms with Crippen LogP contribution in [0.4, 0.5) is 0 Å². The van der Waals surface area contributed by atoms with Gasteiger partial charge in [-0.15, -0.1) is 12.4 Å². The second kappa shape index (κ2) is 5.17. The number of nitrogens with zero attached hydrogens (tertiary/aromatic N) is 1. The van der Waals surface area contributed by atoms with Crippen LogP contribution in [0, 0.1) is 0 Å². The van der Waals surface area contributed by atoms with Gasteiger partial charge in [0.2, 0.25) is 0 Å². The molecule has 1 aromatic heterocycles. The van der Waals surface area contributed by atoms with Crippen LogP contribution in [0.5, 0.6) is 0 Å². The van der Waals surface area contributed by atoms with Gasteiger partial charge in [-0.2, -0.15) is 0 Å². The van der Waals surface area contributed by atoms with E-state index in [9.17, 15) is 4.79 Å². The summed E-state index contributed by atoms with van der Waals surface area (Å²) < 4.78 is 0. The highest BCUT2D eigenvalue weighted by molar-refractivity contribution is 6.32. The first-order valence-corrected chi connectivity index (χ1v) is 4.36. The molecule has 0 aliphatic rings. The highest BCUT2D eigenvalue weighted by Gasteiger charge is 2.15. The Balaban J connectivity index is 0.00000169. The molecule has 1 heterocycles. The normalized spacial score (nSPS) is 9.71. The Kier molecular flexibility index (Phi) is 4.88. The van der Waals surface area contributed by atoms with E-state index in [4.69, 9.17) is 17.3 Å². The molecule has 0 aromatic carbocycles. The van der Waals surface area contributed by atoms with E-state index in [2.05, 4.69) is 4.98 Å². The summed E-state index contributed by atoms with van der Waals surface area (Å²) >= 11 is 5.76. The molecule has 0 spiro atoms. The summed E-state index contributed by atoms with van der Waals surface area (Å²) in [6.45, 7) is 3.94. The predicted octanol–water partition coefficient (Wildman–Crippen LogP) is 2.38. The zero-order valence-corrected chi connectivity index (χ0v) is 9.52. The van der Waals surface area contributed by atoms with Crippen molar-refractivity contribution in [2.45, 2.75) is 19.8 Å². The fourth-order valence-corrected chi connectivity index (χ4v) is 1.43. The number of carbonyl (C=O) groups excluding carboxylic acids is 1. The van der Waals surface area contributed by atoms with Crippen molar-refractivity contribution < 1.29 is 4.79 Å². The Hall–Kier alpha value is -0.800. The third-order valence-electron chi connectivity index (χ3n) is 1.81. The summed E-state index contributed by atoms with van der Waals surface area (Å²) in [4.78, 5) is 14.9. The lowest BCUT2D eigenvalue weighted by Gasteiger charge is -2.10. The first kappa shape index (κ1) is 13.2. The van der Waals surface area contributed by atoms with Gasteiger partial charge in [0.15, 0.2) is 0 Å². The number of carbonyl (C=O) groups is 1. The van der Waals surface area contributed by atoms with Gasteiger partial charge in [0, 0.05) is 6.20 Å². The smallest absolute Gasteiger partial charge is 0.252 e. The van der Waals surface area contributed by atoms with Crippen molar-refractivity contribution in [2.24, 2.45) is 5.73 Å². The molecule has 0 radical (unpaired) electrons. The molecular formula is C9H12Cl2N2O. The van der Waals surface area contributed by atoms with E-state index in [0.717, 1.165) is 5.56 Å². The van der Waals surface area contributed by atoms with E-state index in [-0.39, 0.29) is 23.5 Å². The molecule has 0 aliphatic carbocycles. The Bertz CT molecular complexity index is 340. The molecule has 3 nitrogen and oxygen atoms in total. The summed E-state index contributed by atoms with van der Waals surface area (Å²) in [6.07, 6.45) is 1.57. The summed E-state index contributed by atoms with van der Waals surface area (Å²) in [7, 11) is 0. The Morgan fingerprint density at radius 2 is 2.14 bits per heavy atom. The van der Waals surface area contributed by atoms with Crippen molar-refractivity contribution >= 4 is 29.9 Å². The number of amides is 1. The first-order valence-electron chi connectivity index (χ1n) is 3.98. The van der Waals surface area contributed by atoms with Crippen molar-refractivity contribution in [2.75, 3.05) is 0 Å². The number of nitrogens with two attached hydrogens (primary N) is 1. The molecule has 0 fully saturated rings. The molecule has 14 heavy (non-hydrogen) atoms. The van der Waals surface area contributed by atoms with Crippen molar-refractivity contribution in [3.63, 3.8) is 0 Å². The van der Waals surface area contributed by atoms with Gasteiger partial charge in [0.1, 0.15) is 5.15 Å². The monoisotopic (exact) mass is 234 g/mol. The van der Waals surface area contributed by atoms with Gasteiger partial charge in [-0.05, 0) is 17.5 Å². The van der Waals surface area contributed by atoms with Gasteiger partial charge in [-0.25, -0.2) is 4.98 Å². The van der Waals surface area contributed by atoms with Gasteiger partial charge in [0.25, 0.3) is 5.91 Å². The number of hydrogen-bond donors (Lipinski definition) is 1. The molecular weight excluding hydrogens is 223 g/mol. The average Bonchev–Trinajstić information content (AvgIpc) is 2.02. The molecule has 1 rings (SSSR count). The quantitative estimate of drug-likeness (QED) is 0.800. The lowest BCUT2D eigenvalue weighted by atomic mass is 9.99. The van der Waals surface area contributed by atoms with Crippen LogP contribution in [0.1, 0.15) is 35.7 Å². The van der Waals surface area contributed by atoms with Gasteiger partial charge in [0.05, 0.1) is 5.56 Å². The largest absolute Gasteiger partial charge is 0.365 e. The summed E-state index contributed by atoms with van der Waals surface area (Å²) in [5.74, 6) is -0.315. The number of primary amides is 1. The predicted molar refractivity (Wildman–Crippen MR) is 59.1 cm³/mol. The maximum absolute atomic E-state index is 11.0. The molecule has 5 heteroatoms. The van der Waals surface area contributed by atoms with Crippen LogP contribution in [-0.4, -0.2) is 10.9 Å². The van der Waals surface area contributed by atoms with Crippen molar-refractivity contribution in [3.05, 3.63) is 28.5 Å². The van der Waals surface area contributed by atoms with E-state index in [0.29, 0.717) is 5.56 Å². The molecule has 0 atom stereocenters. The lowest BCUT2D eigenvalue weighted by molar-refractivity contribution is 0.0999. The van der Waals surface area contributed by atoms with Gasteiger partial charge >= 0.3 is 0 Å². The maximum Gasteiger partial charge on any atom is 0.252 e. The molecule has 78 valence electrons. The minimum atomic E-state index is -0.526. The molecule has 0 aliphatic heterocycles.